The molecule has 2 fully saturated rings. The van der Waals surface area contributed by atoms with Crippen LogP contribution in [0.25, 0.3) is 33.4 Å². The molecule has 1 N–H and O–H groups in total. The molecule has 0 bridgehead atoms. The number of aryl methyl sites for hydroxylation is 2. The number of esters is 1. The number of ether oxygens (including phenoxy) is 1. The highest BCUT2D eigenvalue weighted by molar-refractivity contribution is 7.86. The van der Waals surface area contributed by atoms with E-state index in [0.717, 1.165) is 22.6 Å². The van der Waals surface area contributed by atoms with E-state index in [2.05, 4.69) is 27.6 Å². The van der Waals surface area contributed by atoms with Gasteiger partial charge in [0.2, 0.25) is 5.36 Å². The number of anilines is 1. The third kappa shape index (κ3) is 9.80. The van der Waals surface area contributed by atoms with Crippen LogP contribution >= 0.6 is 12.9 Å². The Kier molecular flexibility index (Phi) is 12.4. The lowest BCUT2D eigenvalue weighted by atomic mass is 9.88. The largest absolute Gasteiger partial charge is 0.748 e. The van der Waals surface area contributed by atoms with Gasteiger partial charge in [-0.25, -0.2) is 16.8 Å². The summed E-state index contributed by atoms with van der Waals surface area (Å²) in [6.07, 6.45) is 0.870. The zero-order chi connectivity index (χ0) is 41.4. The van der Waals surface area contributed by atoms with Crippen molar-refractivity contribution in [3.05, 3.63) is 64.5 Å². The Bertz CT molecular complexity index is 2470. The van der Waals surface area contributed by atoms with Gasteiger partial charge in [-0.05, 0) is 94.3 Å². The molecule has 308 valence electrons. The van der Waals surface area contributed by atoms with Crippen LogP contribution in [0.15, 0.2) is 51.8 Å². The number of thiol groups is 1. The van der Waals surface area contributed by atoms with Crippen LogP contribution in [0.5, 0.6) is 0 Å². The standard InChI is InChI=1S/C38H45N3O13S3/c1-22-17-28-32(20-30(22)39-12-6-16-56(44,45)46)50-33-21-31(41-15-11-34(41)52-53-54-55)23(2)18-29(33)35(28)26-8-7-25(57(47,48)49)19-27(26)36(42)40-13-9-24(10-14-40)37(43)51-38(3,4)5/h7-8,17-21,24,34H,6,9-16H2,1-5H3,(H3,44,45,46,47,48,49,55)/p-1. The molecule has 0 spiro atoms. The van der Waals surface area contributed by atoms with Crippen molar-refractivity contribution in [2.75, 3.05) is 37.2 Å². The molecule has 57 heavy (non-hydrogen) atoms. The molecule has 2 aromatic carbocycles. The van der Waals surface area contributed by atoms with E-state index in [-0.39, 0.29) is 37.6 Å². The Labute approximate surface area is 336 Å². The van der Waals surface area contributed by atoms with Crippen molar-refractivity contribution in [1.29, 1.82) is 0 Å². The second kappa shape index (κ2) is 16.6. The summed E-state index contributed by atoms with van der Waals surface area (Å²) in [5.41, 5.74) is 3.22. The molecule has 16 nitrogen and oxygen atoms in total. The van der Waals surface area contributed by atoms with Crippen molar-refractivity contribution >= 4 is 61.7 Å². The predicted octanol–water partition coefficient (Wildman–Crippen LogP) is 4.49. The van der Waals surface area contributed by atoms with Crippen molar-refractivity contribution < 1.29 is 58.9 Å². The molecule has 19 heteroatoms. The highest BCUT2D eigenvalue weighted by Crippen LogP contribution is 2.44. The first kappa shape index (κ1) is 42.5. The molecule has 3 aliphatic heterocycles. The van der Waals surface area contributed by atoms with Crippen molar-refractivity contribution in [2.45, 2.75) is 77.0 Å². The lowest BCUT2D eigenvalue weighted by Gasteiger charge is -2.33. The first-order chi connectivity index (χ1) is 26.7. The second-order valence-corrected chi connectivity index (χ2v) is 18.3. The summed E-state index contributed by atoms with van der Waals surface area (Å²) < 4.78 is 89.1. The fourth-order valence-corrected chi connectivity index (χ4v) is 8.23. The summed E-state index contributed by atoms with van der Waals surface area (Å²) in [6.45, 7) is 10.2. The number of amides is 1. The average Bonchev–Trinajstić information content (AvgIpc) is 3.11. The van der Waals surface area contributed by atoms with E-state index in [1.807, 2.05) is 36.6 Å². The van der Waals surface area contributed by atoms with Crippen molar-refractivity contribution in [3.8, 4) is 22.5 Å². The Morgan fingerprint density at radius 3 is 2.32 bits per heavy atom. The second-order valence-electron chi connectivity index (χ2n) is 15.3. The molecule has 1 aliphatic carbocycles. The number of carbonyl (C=O) groups excluding carboxylic acids is 2. The molecule has 2 aromatic rings. The van der Waals surface area contributed by atoms with Crippen LogP contribution in [0.4, 0.5) is 5.69 Å². The number of benzene rings is 3. The minimum atomic E-state index is -4.98. The fourth-order valence-electron chi connectivity index (χ4n) is 7.20. The maximum atomic E-state index is 14.5. The van der Waals surface area contributed by atoms with E-state index in [1.165, 1.54) is 17.0 Å². The summed E-state index contributed by atoms with van der Waals surface area (Å²) in [6, 6.07) is 11.0. The van der Waals surface area contributed by atoms with E-state index >= 15 is 0 Å². The maximum absolute atomic E-state index is 14.5. The lowest BCUT2D eigenvalue weighted by molar-refractivity contribution is -0.488. The average molecular weight is 847 g/mol. The number of fused-ring (bicyclic) bond motifs is 2. The van der Waals surface area contributed by atoms with Gasteiger partial charge in [0.15, 0.2) is 6.54 Å². The zero-order valence-corrected chi connectivity index (χ0v) is 34.6. The zero-order valence-electron chi connectivity index (χ0n) is 32.0. The Morgan fingerprint density at radius 1 is 0.982 bits per heavy atom. The van der Waals surface area contributed by atoms with Gasteiger partial charge >= 0.3 is 5.97 Å². The molecule has 1 amide bonds. The molecule has 1 atom stereocenters. The minimum absolute atomic E-state index is 0.0306. The van der Waals surface area contributed by atoms with E-state index in [0.29, 0.717) is 64.9 Å². The fraction of sp³-hybridized carbons (Fsp3) is 0.447. The minimum Gasteiger partial charge on any atom is -0.748 e. The Morgan fingerprint density at radius 2 is 1.70 bits per heavy atom. The SMILES string of the molecule is Cc1cc2c(-c3ccc(S(=O)(=O)[O-])cc3C(=O)N3CCC(C(=O)OC(C)(C)C)CC3)c3cc(C)/c(=[N+]4/CCC4OOOS)cc-3oc2cc1NCCCS(=O)(=O)[O-]. The van der Waals surface area contributed by atoms with Gasteiger partial charge in [0, 0.05) is 77.7 Å². The van der Waals surface area contributed by atoms with Gasteiger partial charge < -0.3 is 28.5 Å². The van der Waals surface area contributed by atoms with Gasteiger partial charge in [0.05, 0.1) is 33.4 Å². The summed E-state index contributed by atoms with van der Waals surface area (Å²) >= 11 is 3.56. The van der Waals surface area contributed by atoms with Crippen LogP contribution in [0.1, 0.15) is 67.9 Å². The Balaban J connectivity index is 1.52. The summed E-state index contributed by atoms with van der Waals surface area (Å²) in [5.74, 6) is -1.45. The monoisotopic (exact) mass is 846 g/mol. The molecule has 1 unspecified atom stereocenters. The lowest BCUT2D eigenvalue weighted by Crippen LogP contribution is -2.52. The first-order valence-corrected chi connectivity index (χ1v) is 21.6. The highest BCUT2D eigenvalue weighted by Gasteiger charge is 2.37. The van der Waals surface area contributed by atoms with E-state index in [1.54, 1.807) is 26.8 Å². The molecule has 4 aliphatic rings. The van der Waals surface area contributed by atoms with Crippen LogP contribution in [0, 0.1) is 19.8 Å². The maximum Gasteiger partial charge on any atom is 0.309 e. The molecular weight excluding hydrogens is 803 g/mol. The predicted molar refractivity (Wildman–Crippen MR) is 209 cm³/mol. The van der Waals surface area contributed by atoms with Crippen LogP contribution in [0.2, 0.25) is 0 Å². The van der Waals surface area contributed by atoms with Gasteiger partial charge in [-0.1, -0.05) is 6.07 Å². The summed E-state index contributed by atoms with van der Waals surface area (Å²) in [4.78, 5) is 33.6. The molecule has 6 rings (SSSR count). The summed E-state index contributed by atoms with van der Waals surface area (Å²) in [5, 5.41) is 9.08. The number of rotatable bonds is 12. The van der Waals surface area contributed by atoms with Gasteiger partial charge in [-0.3, -0.25) is 9.59 Å². The molecular formula is C38H44N3O13S3-. The van der Waals surface area contributed by atoms with Crippen LogP contribution in [0.3, 0.4) is 0 Å². The molecule has 0 radical (unpaired) electrons. The van der Waals surface area contributed by atoms with Gasteiger partial charge in [-0.2, -0.15) is 4.58 Å². The van der Waals surface area contributed by atoms with Crippen molar-refractivity contribution in [3.63, 3.8) is 0 Å². The van der Waals surface area contributed by atoms with Crippen LogP contribution < -0.4 is 15.2 Å². The number of nitrogens with zero attached hydrogens (tertiary/aromatic N) is 2. The number of carbonyl (C=O) groups is 2. The quantitative estimate of drug-likeness (QED) is 0.0231. The van der Waals surface area contributed by atoms with E-state index < -0.39 is 54.5 Å². The molecule has 0 saturated carbocycles. The van der Waals surface area contributed by atoms with E-state index in [9.17, 15) is 35.5 Å². The Hall–Kier alpha value is -4.08. The number of nitrogens with one attached hydrogen (secondary N) is 1. The summed E-state index contributed by atoms with van der Waals surface area (Å²) in [7, 11) is -9.38. The third-order valence-corrected chi connectivity index (χ3v) is 11.7. The smallest absolute Gasteiger partial charge is 0.309 e. The van der Waals surface area contributed by atoms with Crippen LogP contribution in [-0.2, 0) is 44.0 Å². The molecule has 0 aromatic heterocycles. The first-order valence-electron chi connectivity index (χ1n) is 18.3. The number of hydrogen-bond donors (Lipinski definition) is 2. The van der Waals surface area contributed by atoms with Gasteiger partial charge in [0.1, 0.15) is 27.1 Å². The number of piperidine rings is 1. The topological polar surface area (TPSA) is 217 Å². The van der Waals surface area contributed by atoms with Crippen molar-refractivity contribution in [1.82, 2.24) is 9.48 Å². The van der Waals surface area contributed by atoms with Gasteiger partial charge in [-0.15, -0.1) is 9.22 Å². The number of hydrogen-bond acceptors (Lipinski definition) is 15. The van der Waals surface area contributed by atoms with Crippen molar-refractivity contribution in [2.24, 2.45) is 5.92 Å². The molecule has 3 heterocycles. The molecule has 2 saturated heterocycles. The van der Waals surface area contributed by atoms with Crippen LogP contribution in [-0.4, -0.2) is 86.5 Å². The third-order valence-electron chi connectivity index (χ3n) is 10.0. The highest BCUT2D eigenvalue weighted by atomic mass is 32.2. The normalized spacial score (nSPS) is 17.8. The van der Waals surface area contributed by atoms with E-state index in [4.69, 9.17) is 14.0 Å². The number of likely N-dealkylation sites (tertiary alicyclic amines) is 1. The van der Waals surface area contributed by atoms with Gasteiger partial charge in [0.25, 0.3) is 12.1 Å².